The summed E-state index contributed by atoms with van der Waals surface area (Å²) in [7, 11) is 0. The number of carbonyl (C=O) groups excluding carboxylic acids is 1. The van der Waals surface area contributed by atoms with Crippen LogP contribution in [0.25, 0.3) is 0 Å². The van der Waals surface area contributed by atoms with Gasteiger partial charge in [-0.1, -0.05) is 41.5 Å². The summed E-state index contributed by atoms with van der Waals surface area (Å²) in [6, 6.07) is 3.90. The van der Waals surface area contributed by atoms with Crippen LogP contribution in [-0.4, -0.2) is 22.5 Å². The average molecular weight is 347 g/mol. The Morgan fingerprint density at radius 2 is 1.36 bits per heavy atom. The molecule has 0 aromatic heterocycles. The molecule has 0 spiro atoms. The molecule has 1 aromatic carbocycles. The van der Waals surface area contributed by atoms with Crippen LogP contribution in [0.3, 0.4) is 0 Å². The zero-order chi connectivity index (χ0) is 19.8. The molecule has 0 N–H and O–H groups in total. The predicted octanol–water partition coefficient (Wildman–Crippen LogP) is 4.93. The molecule has 0 aliphatic heterocycles. The summed E-state index contributed by atoms with van der Waals surface area (Å²) in [5, 5.41) is 12.4. The first-order valence-corrected chi connectivity index (χ1v) is 8.72. The van der Waals surface area contributed by atoms with Crippen molar-refractivity contribution in [1.29, 1.82) is 0 Å². The van der Waals surface area contributed by atoms with E-state index in [-0.39, 0.29) is 16.8 Å². The number of nitrogens with zero attached hydrogens (tertiary/aromatic N) is 1. The molecular formula is C21H33NO3. The van der Waals surface area contributed by atoms with Crippen LogP contribution in [0.5, 0.6) is 5.75 Å². The normalized spacial score (nSPS) is 13.8. The van der Waals surface area contributed by atoms with Gasteiger partial charge in [0.15, 0.2) is 11.8 Å². The molecule has 1 aromatic rings. The largest absolute Gasteiger partial charge is 0.623 e. The van der Waals surface area contributed by atoms with Crippen LogP contribution >= 0.6 is 0 Å². The lowest BCUT2D eigenvalue weighted by Gasteiger charge is -2.29. The lowest BCUT2D eigenvalue weighted by atomic mass is 9.78. The van der Waals surface area contributed by atoms with Crippen molar-refractivity contribution in [2.75, 3.05) is 0 Å². The van der Waals surface area contributed by atoms with Crippen molar-refractivity contribution in [1.82, 2.24) is 0 Å². The van der Waals surface area contributed by atoms with Gasteiger partial charge in [0.2, 0.25) is 0 Å². The maximum atomic E-state index is 12.4. The third-order valence-corrected chi connectivity index (χ3v) is 3.90. The molecule has 4 nitrogen and oxygen atoms in total. The van der Waals surface area contributed by atoms with Crippen LogP contribution in [0, 0.1) is 5.21 Å². The Morgan fingerprint density at radius 3 is 1.64 bits per heavy atom. The predicted molar refractivity (Wildman–Crippen MR) is 104 cm³/mol. The van der Waals surface area contributed by atoms with Crippen LogP contribution in [-0.2, 0) is 15.6 Å². The number of hydroxylamine groups is 1. The van der Waals surface area contributed by atoms with Crippen molar-refractivity contribution in [2.45, 2.75) is 85.6 Å². The molecule has 0 atom stereocenters. The molecule has 0 amide bonds. The lowest BCUT2D eigenvalue weighted by molar-refractivity contribution is -0.530. The van der Waals surface area contributed by atoms with Crippen molar-refractivity contribution in [3.8, 4) is 5.75 Å². The second kappa shape index (κ2) is 6.81. The van der Waals surface area contributed by atoms with Crippen LogP contribution in [0.4, 0.5) is 0 Å². The highest BCUT2D eigenvalue weighted by atomic mass is 16.5. The van der Waals surface area contributed by atoms with Gasteiger partial charge in [-0.15, -0.1) is 0 Å². The van der Waals surface area contributed by atoms with E-state index in [0.717, 1.165) is 21.4 Å². The van der Waals surface area contributed by atoms with Gasteiger partial charge in [0.05, 0.1) is 0 Å². The number of rotatable bonds is 2. The first-order chi connectivity index (χ1) is 11.0. The van der Waals surface area contributed by atoms with E-state index in [0.29, 0.717) is 5.75 Å². The number of carbonyl (C=O) groups is 1. The molecule has 0 bridgehead atoms. The van der Waals surface area contributed by atoms with E-state index in [1.165, 1.54) is 6.92 Å². The highest BCUT2D eigenvalue weighted by Gasteiger charge is 2.29. The summed E-state index contributed by atoms with van der Waals surface area (Å²) in [6.45, 7) is 19.5. The Labute approximate surface area is 152 Å². The van der Waals surface area contributed by atoms with Crippen molar-refractivity contribution in [3.63, 3.8) is 0 Å². The van der Waals surface area contributed by atoms with E-state index in [9.17, 15) is 10.0 Å². The van der Waals surface area contributed by atoms with Gasteiger partial charge in [0, 0.05) is 44.4 Å². The van der Waals surface area contributed by atoms with Crippen LogP contribution in [0.1, 0.15) is 85.9 Å². The molecule has 0 unspecified atom stereocenters. The maximum absolute atomic E-state index is 12.4. The van der Waals surface area contributed by atoms with Gasteiger partial charge in [0.25, 0.3) is 0 Å². The Morgan fingerprint density at radius 1 is 0.960 bits per heavy atom. The molecule has 0 fully saturated rings. The number of hydrogen-bond acceptors (Lipinski definition) is 3. The highest BCUT2D eigenvalue weighted by molar-refractivity contribution is 5.79. The van der Waals surface area contributed by atoms with Crippen LogP contribution < -0.4 is 4.74 Å². The first-order valence-electron chi connectivity index (χ1n) is 8.72. The first kappa shape index (κ1) is 21.2. The van der Waals surface area contributed by atoms with Gasteiger partial charge in [-0.05, 0) is 23.0 Å². The molecule has 0 heterocycles. The van der Waals surface area contributed by atoms with Crippen molar-refractivity contribution in [2.24, 2.45) is 0 Å². The summed E-state index contributed by atoms with van der Waals surface area (Å²) >= 11 is 0. The molecule has 4 heteroatoms. The maximum Gasteiger partial charge on any atom is 0.308 e. The van der Waals surface area contributed by atoms with Gasteiger partial charge in [-0.3, -0.25) is 4.79 Å². The lowest BCUT2D eigenvalue weighted by Crippen LogP contribution is -2.29. The fraction of sp³-hybridized carbons (Fsp3) is 0.619. The van der Waals surface area contributed by atoms with E-state index in [1.807, 2.05) is 32.9 Å². The van der Waals surface area contributed by atoms with Gasteiger partial charge < -0.3 is 9.94 Å². The molecule has 1 rings (SSSR count). The van der Waals surface area contributed by atoms with Crippen LogP contribution in [0.15, 0.2) is 12.1 Å². The van der Waals surface area contributed by atoms with Gasteiger partial charge in [-0.25, -0.2) is 4.74 Å². The average Bonchev–Trinajstić information content (AvgIpc) is 2.35. The molecule has 25 heavy (non-hydrogen) atoms. The molecular weight excluding hydrogens is 314 g/mol. The number of hydrogen-bond donors (Lipinski definition) is 0. The second-order valence-corrected chi connectivity index (χ2v) is 9.66. The summed E-state index contributed by atoms with van der Waals surface area (Å²) in [5.41, 5.74) is 1.68. The Hall–Kier alpha value is -1.84. The van der Waals surface area contributed by atoms with E-state index in [2.05, 4.69) is 41.5 Å². The fourth-order valence-corrected chi connectivity index (χ4v) is 2.42. The van der Waals surface area contributed by atoms with Crippen molar-refractivity contribution >= 4 is 12.2 Å². The third-order valence-electron chi connectivity index (χ3n) is 3.90. The zero-order valence-electron chi connectivity index (χ0n) is 17.4. The van der Waals surface area contributed by atoms with Gasteiger partial charge in [-0.2, -0.15) is 0 Å². The summed E-state index contributed by atoms with van der Waals surface area (Å²) < 4.78 is 6.58. The monoisotopic (exact) mass is 347 g/mol. The number of ether oxygens (including phenoxy) is 1. The minimum atomic E-state index is -0.516. The second-order valence-electron chi connectivity index (χ2n) is 9.66. The van der Waals surface area contributed by atoms with Crippen LogP contribution in [0.2, 0.25) is 0 Å². The number of benzene rings is 1. The quantitative estimate of drug-likeness (QED) is 0.190. The van der Waals surface area contributed by atoms with E-state index < -0.39 is 5.54 Å². The molecule has 0 radical (unpaired) electrons. The molecule has 0 aliphatic rings. The third kappa shape index (κ3) is 5.58. The molecule has 0 saturated carbocycles. The van der Waals surface area contributed by atoms with Gasteiger partial charge in [0.1, 0.15) is 5.75 Å². The van der Waals surface area contributed by atoms with E-state index in [1.54, 1.807) is 6.21 Å². The Balaban J connectivity index is 3.79. The number of esters is 1. The molecule has 0 aliphatic carbocycles. The Kier molecular flexibility index (Phi) is 5.78. The van der Waals surface area contributed by atoms with Crippen molar-refractivity contribution < 1.29 is 14.3 Å². The Bertz CT molecular complexity index is 646. The highest BCUT2D eigenvalue weighted by Crippen LogP contribution is 2.40. The minimum Gasteiger partial charge on any atom is -0.623 e. The zero-order valence-corrected chi connectivity index (χ0v) is 17.4. The molecule has 140 valence electrons. The summed E-state index contributed by atoms with van der Waals surface area (Å²) in [6.07, 6.45) is 1.61. The minimum absolute atomic E-state index is 0.232. The fourth-order valence-electron chi connectivity index (χ4n) is 2.42. The van der Waals surface area contributed by atoms with Gasteiger partial charge >= 0.3 is 5.97 Å². The van der Waals surface area contributed by atoms with E-state index >= 15 is 0 Å². The topological polar surface area (TPSA) is 52.4 Å². The smallest absolute Gasteiger partial charge is 0.308 e. The van der Waals surface area contributed by atoms with E-state index in [4.69, 9.17) is 4.74 Å². The van der Waals surface area contributed by atoms with Crippen molar-refractivity contribution in [3.05, 3.63) is 34.0 Å². The standard InChI is InChI=1S/C21H33NO3/c1-14(23)25-18-16(19(2,3)4)11-15(12-17(18)20(5,6)7)13-22(24)21(8,9)10/h11-13H,1-10H3. The summed E-state index contributed by atoms with van der Waals surface area (Å²) in [5.74, 6) is 0.269. The molecule has 0 saturated heterocycles. The SMILES string of the molecule is CC(=O)Oc1c(C(C)(C)C)cc(C=[N+]([O-])C(C)(C)C)cc1C(C)(C)C. The summed E-state index contributed by atoms with van der Waals surface area (Å²) in [4.78, 5) is 11.7.